The molecule has 0 bridgehead atoms. The van der Waals surface area contributed by atoms with E-state index in [1.807, 2.05) is 91.0 Å². The number of hydrogen-bond acceptors (Lipinski definition) is 5. The first-order valence-corrected chi connectivity index (χ1v) is 13.7. The molecule has 0 spiro atoms. The van der Waals surface area contributed by atoms with Gasteiger partial charge in [0, 0.05) is 11.8 Å². The van der Waals surface area contributed by atoms with Crippen LogP contribution < -0.4 is 10.1 Å². The lowest BCUT2D eigenvalue weighted by atomic mass is 10.0. The van der Waals surface area contributed by atoms with Gasteiger partial charge in [0.05, 0.1) is 22.5 Å². The Hall–Kier alpha value is -5.23. The predicted octanol–water partition coefficient (Wildman–Crippen LogP) is 8.20. The summed E-state index contributed by atoms with van der Waals surface area (Å²) >= 11 is 0. The zero-order chi connectivity index (χ0) is 29.5. The standard InChI is InChI=1S/C36H32N2O4/c1-36(2,3)42-35(40)29-19-17-27(26-14-8-5-9-15-26)23-32(29)38-34(39)30-22-28(31-16-10-11-21-37-31)18-20-33(30)41-24-25-12-6-4-7-13-25/h4-23H,24H2,1-3H3,(H,38,39). The Morgan fingerprint density at radius 3 is 2.10 bits per heavy atom. The number of benzene rings is 4. The molecule has 4 aromatic carbocycles. The quantitative estimate of drug-likeness (QED) is 0.195. The van der Waals surface area contributed by atoms with Crippen molar-refractivity contribution in [3.8, 4) is 28.1 Å². The summed E-state index contributed by atoms with van der Waals surface area (Å²) < 4.78 is 11.8. The number of anilines is 1. The van der Waals surface area contributed by atoms with E-state index in [4.69, 9.17) is 9.47 Å². The van der Waals surface area contributed by atoms with E-state index in [0.29, 0.717) is 17.0 Å². The minimum atomic E-state index is -0.702. The zero-order valence-corrected chi connectivity index (χ0v) is 23.8. The normalized spacial score (nSPS) is 11.0. The maximum absolute atomic E-state index is 14.0. The second-order valence-electron chi connectivity index (χ2n) is 10.8. The van der Waals surface area contributed by atoms with Gasteiger partial charge in [-0.1, -0.05) is 72.8 Å². The van der Waals surface area contributed by atoms with Crippen LogP contribution in [0.3, 0.4) is 0 Å². The van der Waals surface area contributed by atoms with E-state index in [0.717, 1.165) is 27.9 Å². The van der Waals surface area contributed by atoms with Crippen LogP contribution >= 0.6 is 0 Å². The Balaban J connectivity index is 1.53. The van der Waals surface area contributed by atoms with Crippen LogP contribution in [0.15, 0.2) is 121 Å². The van der Waals surface area contributed by atoms with Crippen molar-refractivity contribution in [2.45, 2.75) is 33.0 Å². The molecular weight excluding hydrogens is 524 g/mol. The van der Waals surface area contributed by atoms with Crippen molar-refractivity contribution in [2.75, 3.05) is 5.32 Å². The second-order valence-corrected chi connectivity index (χ2v) is 10.8. The van der Waals surface area contributed by atoms with E-state index in [2.05, 4.69) is 10.3 Å². The summed E-state index contributed by atoms with van der Waals surface area (Å²) in [6.07, 6.45) is 1.71. The lowest BCUT2D eigenvalue weighted by Gasteiger charge is -2.21. The predicted molar refractivity (Wildman–Crippen MR) is 165 cm³/mol. The van der Waals surface area contributed by atoms with Gasteiger partial charge in [0.1, 0.15) is 18.0 Å². The molecule has 0 radical (unpaired) electrons. The number of nitrogens with zero attached hydrogens (tertiary/aromatic N) is 1. The monoisotopic (exact) mass is 556 g/mol. The van der Waals surface area contributed by atoms with Crippen molar-refractivity contribution in [2.24, 2.45) is 0 Å². The summed E-state index contributed by atoms with van der Waals surface area (Å²) in [6, 6.07) is 35.8. The van der Waals surface area contributed by atoms with Gasteiger partial charge < -0.3 is 14.8 Å². The smallest absolute Gasteiger partial charge is 0.340 e. The molecule has 1 amide bonds. The molecule has 0 atom stereocenters. The molecule has 0 saturated carbocycles. The van der Waals surface area contributed by atoms with Crippen LogP contribution in [-0.2, 0) is 11.3 Å². The van der Waals surface area contributed by atoms with Crippen molar-refractivity contribution in [3.05, 3.63) is 138 Å². The fourth-order valence-corrected chi connectivity index (χ4v) is 4.42. The van der Waals surface area contributed by atoms with E-state index in [1.165, 1.54) is 0 Å². The molecule has 5 aromatic rings. The molecule has 0 aliphatic rings. The molecule has 5 rings (SSSR count). The molecule has 1 N–H and O–H groups in total. The van der Waals surface area contributed by atoms with Gasteiger partial charge in [0.15, 0.2) is 0 Å². The number of esters is 1. The number of carbonyl (C=O) groups is 2. The summed E-state index contributed by atoms with van der Waals surface area (Å²) in [5.41, 5.74) is 4.47. The molecular formula is C36H32N2O4. The number of amides is 1. The number of nitrogens with one attached hydrogen (secondary N) is 1. The van der Waals surface area contributed by atoms with Gasteiger partial charge in [0.25, 0.3) is 5.91 Å². The van der Waals surface area contributed by atoms with Crippen molar-refractivity contribution in [1.82, 2.24) is 4.98 Å². The van der Waals surface area contributed by atoms with Gasteiger partial charge in [-0.3, -0.25) is 9.78 Å². The third kappa shape index (κ3) is 7.09. The molecule has 0 saturated heterocycles. The highest BCUT2D eigenvalue weighted by Gasteiger charge is 2.23. The van der Waals surface area contributed by atoms with E-state index in [9.17, 15) is 9.59 Å². The number of rotatable bonds is 8. The molecule has 6 heteroatoms. The Morgan fingerprint density at radius 1 is 0.714 bits per heavy atom. The first-order chi connectivity index (χ1) is 20.3. The minimum Gasteiger partial charge on any atom is -0.488 e. The van der Waals surface area contributed by atoms with Crippen LogP contribution in [0.4, 0.5) is 5.69 Å². The largest absolute Gasteiger partial charge is 0.488 e. The maximum atomic E-state index is 14.0. The van der Waals surface area contributed by atoms with E-state index in [-0.39, 0.29) is 12.2 Å². The first kappa shape index (κ1) is 28.3. The molecule has 6 nitrogen and oxygen atoms in total. The third-order valence-electron chi connectivity index (χ3n) is 6.42. The topological polar surface area (TPSA) is 77.5 Å². The van der Waals surface area contributed by atoms with Crippen molar-refractivity contribution >= 4 is 17.6 Å². The van der Waals surface area contributed by atoms with Crippen molar-refractivity contribution in [1.29, 1.82) is 0 Å². The Morgan fingerprint density at radius 2 is 1.40 bits per heavy atom. The number of ether oxygens (including phenoxy) is 2. The molecule has 42 heavy (non-hydrogen) atoms. The average Bonchev–Trinajstić information content (AvgIpc) is 3.00. The molecule has 0 aliphatic heterocycles. The summed E-state index contributed by atoms with van der Waals surface area (Å²) in [4.78, 5) is 31.6. The van der Waals surface area contributed by atoms with E-state index in [1.54, 1.807) is 51.2 Å². The highest BCUT2D eigenvalue weighted by molar-refractivity contribution is 6.10. The van der Waals surface area contributed by atoms with Crippen molar-refractivity contribution in [3.63, 3.8) is 0 Å². The third-order valence-corrected chi connectivity index (χ3v) is 6.42. The summed E-state index contributed by atoms with van der Waals surface area (Å²) in [5.74, 6) is -0.542. The van der Waals surface area contributed by atoms with Crippen molar-refractivity contribution < 1.29 is 19.1 Å². The van der Waals surface area contributed by atoms with Gasteiger partial charge >= 0.3 is 5.97 Å². The van der Waals surface area contributed by atoms with Crippen LogP contribution in [0.2, 0.25) is 0 Å². The van der Waals surface area contributed by atoms with Crippen LogP contribution in [0, 0.1) is 0 Å². The Bertz CT molecular complexity index is 1680. The van der Waals surface area contributed by atoms with Gasteiger partial charge in [-0.15, -0.1) is 0 Å². The number of hydrogen-bond donors (Lipinski definition) is 1. The number of carbonyl (C=O) groups excluding carboxylic acids is 2. The number of aromatic nitrogens is 1. The van der Waals surface area contributed by atoms with Crippen LogP contribution in [-0.4, -0.2) is 22.5 Å². The second kappa shape index (κ2) is 12.5. The molecule has 210 valence electrons. The molecule has 1 aromatic heterocycles. The first-order valence-electron chi connectivity index (χ1n) is 13.7. The van der Waals surface area contributed by atoms with Gasteiger partial charge in [-0.05, 0) is 79.9 Å². The summed E-state index contributed by atoms with van der Waals surface area (Å²) in [7, 11) is 0. The highest BCUT2D eigenvalue weighted by Crippen LogP contribution is 2.31. The lowest BCUT2D eigenvalue weighted by molar-refractivity contribution is 0.00707. The Kier molecular flexibility index (Phi) is 8.44. The lowest BCUT2D eigenvalue weighted by Crippen LogP contribution is -2.25. The highest BCUT2D eigenvalue weighted by atomic mass is 16.6. The van der Waals surface area contributed by atoms with Crippen LogP contribution in [0.5, 0.6) is 5.75 Å². The van der Waals surface area contributed by atoms with Crippen LogP contribution in [0.25, 0.3) is 22.4 Å². The molecule has 0 unspecified atom stereocenters. The molecule has 0 aliphatic carbocycles. The maximum Gasteiger partial charge on any atom is 0.340 e. The van der Waals surface area contributed by atoms with Gasteiger partial charge in [-0.2, -0.15) is 0 Å². The zero-order valence-electron chi connectivity index (χ0n) is 23.8. The Labute approximate surface area is 246 Å². The minimum absolute atomic E-state index is 0.255. The van der Waals surface area contributed by atoms with E-state index < -0.39 is 17.5 Å². The van der Waals surface area contributed by atoms with E-state index >= 15 is 0 Å². The fourth-order valence-electron chi connectivity index (χ4n) is 4.42. The van der Waals surface area contributed by atoms with Crippen LogP contribution in [0.1, 0.15) is 47.1 Å². The average molecular weight is 557 g/mol. The summed E-state index contributed by atoms with van der Waals surface area (Å²) in [6.45, 7) is 5.71. The molecule has 0 fully saturated rings. The van der Waals surface area contributed by atoms with Gasteiger partial charge in [0.2, 0.25) is 0 Å². The summed E-state index contributed by atoms with van der Waals surface area (Å²) in [5, 5.41) is 2.98. The van der Waals surface area contributed by atoms with Gasteiger partial charge in [-0.25, -0.2) is 4.79 Å². The number of pyridine rings is 1. The molecule has 1 heterocycles. The fraction of sp³-hybridized carbons (Fsp3) is 0.139. The SMILES string of the molecule is CC(C)(C)OC(=O)c1ccc(-c2ccccc2)cc1NC(=O)c1cc(-c2ccccn2)ccc1OCc1ccccc1.